The number of ether oxygens (including phenoxy) is 3. The van der Waals surface area contributed by atoms with Crippen LogP contribution in [0.4, 0.5) is 11.4 Å². The summed E-state index contributed by atoms with van der Waals surface area (Å²) in [7, 11) is 1.59. The molecule has 37 heavy (non-hydrogen) atoms. The van der Waals surface area contributed by atoms with Gasteiger partial charge in [-0.2, -0.15) is 0 Å². The molecule has 0 aromatic heterocycles. The van der Waals surface area contributed by atoms with Crippen molar-refractivity contribution < 1.29 is 33.4 Å². The second kappa shape index (κ2) is 13.4. The third-order valence-electron chi connectivity index (χ3n) is 5.14. The van der Waals surface area contributed by atoms with Crippen LogP contribution in [0.2, 0.25) is 0 Å². The summed E-state index contributed by atoms with van der Waals surface area (Å²) >= 11 is 0. The zero-order valence-electron chi connectivity index (χ0n) is 20.6. The average Bonchev–Trinajstić information content (AvgIpc) is 2.89. The predicted molar refractivity (Wildman–Crippen MR) is 138 cm³/mol. The minimum Gasteiger partial charge on any atom is -0.497 e. The van der Waals surface area contributed by atoms with E-state index in [1.165, 1.54) is 6.92 Å². The van der Waals surface area contributed by atoms with Gasteiger partial charge in [-0.15, -0.1) is 0 Å². The van der Waals surface area contributed by atoms with Gasteiger partial charge in [0.25, 0.3) is 5.91 Å². The fourth-order valence-corrected chi connectivity index (χ4v) is 3.23. The Morgan fingerprint density at radius 1 is 0.730 bits per heavy atom. The Hall–Kier alpha value is -4.66. The number of hydrogen-bond acceptors (Lipinski definition) is 7. The molecule has 0 aliphatic carbocycles. The maximum Gasteiger partial charge on any atom is 0.306 e. The number of anilines is 2. The van der Waals surface area contributed by atoms with Crippen LogP contribution >= 0.6 is 0 Å². The number of carbonyl (C=O) groups is 4. The zero-order chi connectivity index (χ0) is 26.6. The number of esters is 1. The van der Waals surface area contributed by atoms with Crippen LogP contribution in [0.25, 0.3) is 0 Å². The van der Waals surface area contributed by atoms with Gasteiger partial charge in [-0.3, -0.25) is 19.2 Å². The van der Waals surface area contributed by atoms with Crippen molar-refractivity contribution in [2.45, 2.75) is 26.2 Å². The molecule has 2 amide bonds. The number of benzene rings is 3. The molecule has 0 spiro atoms. The third kappa shape index (κ3) is 9.14. The number of methoxy groups -OCH3 is 1. The standard InChI is InChI=1S/C28H28N2O7/c1-19(31)20-5-3-6-22(17-20)30-27(33)18-36-28(34)8-4-7-26(32)29-21-9-11-24(12-10-21)37-25-15-13-23(35-2)14-16-25/h3,5-6,9-17H,4,7-8,18H2,1-2H3,(H,29,32)(H,30,33). The highest BCUT2D eigenvalue weighted by Gasteiger charge is 2.11. The quantitative estimate of drug-likeness (QED) is 0.264. The SMILES string of the molecule is COc1ccc(Oc2ccc(NC(=O)CCCC(=O)OCC(=O)Nc3cccc(C(C)=O)c3)cc2)cc1. The van der Waals surface area contributed by atoms with Gasteiger partial charge in [-0.05, 0) is 74.0 Å². The Kier molecular flexibility index (Phi) is 9.78. The summed E-state index contributed by atoms with van der Waals surface area (Å²) in [5.74, 6) is 0.525. The molecule has 0 bridgehead atoms. The maximum atomic E-state index is 12.2. The summed E-state index contributed by atoms with van der Waals surface area (Å²) in [4.78, 5) is 47.5. The number of ketones is 1. The smallest absolute Gasteiger partial charge is 0.306 e. The largest absolute Gasteiger partial charge is 0.497 e. The predicted octanol–water partition coefficient (Wildman–Crippen LogP) is 4.98. The maximum absolute atomic E-state index is 12.2. The number of amides is 2. The fraction of sp³-hybridized carbons (Fsp3) is 0.214. The topological polar surface area (TPSA) is 120 Å². The van der Waals surface area contributed by atoms with E-state index in [0.717, 1.165) is 5.75 Å². The minimum atomic E-state index is -0.583. The summed E-state index contributed by atoms with van der Waals surface area (Å²) in [5, 5.41) is 5.33. The van der Waals surface area contributed by atoms with Gasteiger partial charge in [0.15, 0.2) is 12.4 Å². The van der Waals surface area contributed by atoms with Gasteiger partial charge >= 0.3 is 5.97 Å². The second-order valence-electron chi connectivity index (χ2n) is 8.05. The lowest BCUT2D eigenvalue weighted by Crippen LogP contribution is -2.21. The summed E-state index contributed by atoms with van der Waals surface area (Å²) in [6.07, 6.45) is 0.379. The van der Waals surface area contributed by atoms with Crippen molar-refractivity contribution in [2.75, 3.05) is 24.4 Å². The van der Waals surface area contributed by atoms with Crippen molar-refractivity contribution in [3.8, 4) is 17.2 Å². The number of rotatable bonds is 12. The first kappa shape index (κ1) is 26.9. The van der Waals surface area contributed by atoms with E-state index in [4.69, 9.17) is 14.2 Å². The molecule has 0 radical (unpaired) electrons. The van der Waals surface area contributed by atoms with Gasteiger partial charge in [-0.25, -0.2) is 0 Å². The van der Waals surface area contributed by atoms with E-state index in [-0.39, 0.29) is 31.0 Å². The fourth-order valence-electron chi connectivity index (χ4n) is 3.23. The van der Waals surface area contributed by atoms with E-state index < -0.39 is 18.5 Å². The Labute approximate surface area is 214 Å². The molecular formula is C28H28N2O7. The summed E-state index contributed by atoms with van der Waals surface area (Å²) in [6, 6.07) is 20.5. The molecule has 3 aromatic rings. The van der Waals surface area contributed by atoms with Crippen molar-refractivity contribution in [3.05, 3.63) is 78.4 Å². The highest BCUT2D eigenvalue weighted by molar-refractivity contribution is 5.97. The Morgan fingerprint density at radius 3 is 2.00 bits per heavy atom. The second-order valence-corrected chi connectivity index (χ2v) is 8.05. The Morgan fingerprint density at radius 2 is 1.35 bits per heavy atom. The zero-order valence-corrected chi connectivity index (χ0v) is 20.6. The molecule has 9 nitrogen and oxygen atoms in total. The molecule has 0 fully saturated rings. The van der Waals surface area contributed by atoms with Crippen LogP contribution in [-0.4, -0.2) is 37.3 Å². The molecule has 0 heterocycles. The van der Waals surface area contributed by atoms with Crippen LogP contribution < -0.4 is 20.1 Å². The molecule has 192 valence electrons. The molecule has 0 saturated carbocycles. The van der Waals surface area contributed by atoms with E-state index in [1.54, 1.807) is 79.9 Å². The van der Waals surface area contributed by atoms with Crippen molar-refractivity contribution in [1.82, 2.24) is 0 Å². The molecule has 3 aromatic carbocycles. The van der Waals surface area contributed by atoms with E-state index in [2.05, 4.69) is 10.6 Å². The number of hydrogen-bond donors (Lipinski definition) is 2. The van der Waals surface area contributed by atoms with Gasteiger partial charge in [-0.1, -0.05) is 12.1 Å². The number of Topliss-reactive ketones (excluding diaryl/α,β-unsaturated/α-hetero) is 1. The number of carbonyl (C=O) groups excluding carboxylic acids is 4. The van der Waals surface area contributed by atoms with Crippen molar-refractivity contribution in [3.63, 3.8) is 0 Å². The lowest BCUT2D eigenvalue weighted by Gasteiger charge is -2.09. The minimum absolute atomic E-state index is 0.00480. The molecule has 9 heteroatoms. The van der Waals surface area contributed by atoms with E-state index in [0.29, 0.717) is 28.4 Å². The van der Waals surface area contributed by atoms with E-state index in [1.807, 2.05) is 0 Å². The van der Waals surface area contributed by atoms with Crippen LogP contribution in [0.5, 0.6) is 17.2 Å². The molecule has 0 unspecified atom stereocenters. The number of nitrogens with one attached hydrogen (secondary N) is 2. The summed E-state index contributed by atoms with van der Waals surface area (Å²) < 4.78 is 15.8. The van der Waals surface area contributed by atoms with E-state index >= 15 is 0 Å². The first-order valence-electron chi connectivity index (χ1n) is 11.6. The summed E-state index contributed by atoms with van der Waals surface area (Å²) in [5.41, 5.74) is 1.50. The third-order valence-corrected chi connectivity index (χ3v) is 5.14. The van der Waals surface area contributed by atoms with Crippen LogP contribution in [0, 0.1) is 0 Å². The van der Waals surface area contributed by atoms with Crippen LogP contribution in [0.1, 0.15) is 36.5 Å². The normalized spacial score (nSPS) is 10.2. The van der Waals surface area contributed by atoms with Crippen LogP contribution in [0.15, 0.2) is 72.8 Å². The highest BCUT2D eigenvalue weighted by atomic mass is 16.5. The Bertz CT molecular complexity index is 1240. The molecule has 0 aliphatic heterocycles. The van der Waals surface area contributed by atoms with Crippen LogP contribution in [0.3, 0.4) is 0 Å². The van der Waals surface area contributed by atoms with Gasteiger partial charge < -0.3 is 24.8 Å². The van der Waals surface area contributed by atoms with Gasteiger partial charge in [0.2, 0.25) is 5.91 Å². The average molecular weight is 505 g/mol. The molecular weight excluding hydrogens is 476 g/mol. The highest BCUT2D eigenvalue weighted by Crippen LogP contribution is 2.25. The van der Waals surface area contributed by atoms with Gasteiger partial charge in [0.05, 0.1) is 7.11 Å². The monoisotopic (exact) mass is 504 g/mol. The van der Waals surface area contributed by atoms with Gasteiger partial charge in [0, 0.05) is 29.8 Å². The van der Waals surface area contributed by atoms with E-state index in [9.17, 15) is 19.2 Å². The van der Waals surface area contributed by atoms with Gasteiger partial charge in [0.1, 0.15) is 17.2 Å². The first-order chi connectivity index (χ1) is 17.8. The molecule has 3 rings (SSSR count). The van der Waals surface area contributed by atoms with Crippen molar-refractivity contribution in [1.29, 1.82) is 0 Å². The lowest BCUT2D eigenvalue weighted by atomic mass is 10.1. The molecule has 0 atom stereocenters. The summed E-state index contributed by atoms with van der Waals surface area (Å²) in [6.45, 7) is 0.971. The molecule has 0 aliphatic rings. The molecule has 0 saturated heterocycles. The first-order valence-corrected chi connectivity index (χ1v) is 11.6. The Balaban J connectivity index is 1.33. The molecule has 2 N–H and O–H groups in total. The van der Waals surface area contributed by atoms with Crippen molar-refractivity contribution in [2.24, 2.45) is 0 Å². The van der Waals surface area contributed by atoms with Crippen LogP contribution in [-0.2, 0) is 19.1 Å². The van der Waals surface area contributed by atoms with Crippen molar-refractivity contribution >= 4 is 34.9 Å². The lowest BCUT2D eigenvalue weighted by molar-refractivity contribution is -0.147.